The van der Waals surface area contributed by atoms with Crippen molar-refractivity contribution in [2.45, 2.75) is 123 Å². The van der Waals surface area contributed by atoms with Crippen molar-refractivity contribution in [2.75, 3.05) is 25.5 Å². The number of aliphatic hydroxyl groups excluding tert-OH is 3. The Labute approximate surface area is 258 Å². The molecule has 248 valence electrons. The second kappa shape index (κ2) is 12.8. The van der Waals surface area contributed by atoms with E-state index >= 15 is 0 Å². The fraction of sp³-hybridized carbons (Fsp3) is 0.970. The highest BCUT2D eigenvalue weighted by Crippen LogP contribution is 2.69. The van der Waals surface area contributed by atoms with Gasteiger partial charge in [0.1, 0.15) is 0 Å². The molecule has 0 aromatic carbocycles. The fourth-order valence-corrected chi connectivity index (χ4v) is 11.7. The number of carbonyl (C=O) groups excluding carboxylic acids is 1. The Bertz CT molecular complexity index is 1100. The van der Waals surface area contributed by atoms with Gasteiger partial charge < -0.3 is 29.5 Å². The third-order valence-electron chi connectivity index (χ3n) is 13.6. The summed E-state index contributed by atoms with van der Waals surface area (Å²) in [5, 5.41) is 34.5. The summed E-state index contributed by atoms with van der Waals surface area (Å²) in [6.45, 7) is 9.89. The minimum absolute atomic E-state index is 0.00736. The van der Waals surface area contributed by atoms with Gasteiger partial charge in [0.05, 0.1) is 34.2 Å². The molecule has 43 heavy (non-hydrogen) atoms. The number of ether oxygens (including phenoxy) is 1. The van der Waals surface area contributed by atoms with Crippen molar-refractivity contribution in [3.63, 3.8) is 0 Å². The lowest BCUT2D eigenvalue weighted by molar-refractivity contribution is -0.228. The van der Waals surface area contributed by atoms with Gasteiger partial charge in [-0.2, -0.15) is 0 Å². The van der Waals surface area contributed by atoms with Crippen LogP contribution in [0, 0.1) is 52.3 Å². The minimum Gasteiger partial charge on any atom is -0.748 e. The SMILES string of the molecule is CC[C@H]1[C@@H](O)[C@@H]2[C@H](C[C@H](O)[C@]3(C)[C@@H]([C@H](C)CCC(=O)N(CCS(=O)(=O)[O-])C4CCOCC4)CC[C@@H]23)[C@@]2(C)CC[C@@H](O)C[C@@H]12. The maximum absolute atomic E-state index is 13.5. The quantitative estimate of drug-likeness (QED) is 0.329. The summed E-state index contributed by atoms with van der Waals surface area (Å²) in [5.74, 6) is 0.686. The van der Waals surface area contributed by atoms with E-state index in [1.807, 2.05) is 0 Å². The largest absolute Gasteiger partial charge is 0.748 e. The summed E-state index contributed by atoms with van der Waals surface area (Å²) in [7, 11) is -4.43. The Kier molecular flexibility index (Phi) is 9.98. The van der Waals surface area contributed by atoms with Gasteiger partial charge in [-0.3, -0.25) is 4.79 Å². The van der Waals surface area contributed by atoms with Crippen molar-refractivity contribution in [1.82, 2.24) is 4.90 Å². The highest BCUT2D eigenvalue weighted by atomic mass is 32.2. The van der Waals surface area contributed by atoms with Crippen molar-refractivity contribution in [3.05, 3.63) is 0 Å². The van der Waals surface area contributed by atoms with Gasteiger partial charge in [0.2, 0.25) is 5.91 Å². The summed E-state index contributed by atoms with van der Waals surface area (Å²) in [6.07, 6.45) is 6.92. The van der Waals surface area contributed by atoms with Crippen LogP contribution in [0.4, 0.5) is 0 Å². The average molecular weight is 627 g/mol. The Hall–Kier alpha value is -0.780. The number of hydrogen-bond acceptors (Lipinski definition) is 8. The van der Waals surface area contributed by atoms with Crippen LogP contribution < -0.4 is 0 Å². The molecule has 1 heterocycles. The van der Waals surface area contributed by atoms with Crippen LogP contribution in [0.15, 0.2) is 0 Å². The smallest absolute Gasteiger partial charge is 0.222 e. The van der Waals surface area contributed by atoms with Gasteiger partial charge in [0, 0.05) is 32.2 Å². The lowest BCUT2D eigenvalue weighted by Crippen LogP contribution is -2.65. The molecular formula is C33H56NO8S-. The number of hydrogen-bond donors (Lipinski definition) is 3. The van der Waals surface area contributed by atoms with E-state index in [9.17, 15) is 33.1 Å². The van der Waals surface area contributed by atoms with Crippen LogP contribution in [-0.4, -0.2) is 89.0 Å². The van der Waals surface area contributed by atoms with E-state index in [4.69, 9.17) is 4.74 Å². The van der Waals surface area contributed by atoms with Crippen LogP contribution in [0.5, 0.6) is 0 Å². The van der Waals surface area contributed by atoms with E-state index < -0.39 is 28.1 Å². The third-order valence-corrected chi connectivity index (χ3v) is 14.3. The zero-order valence-corrected chi connectivity index (χ0v) is 27.5. The van der Waals surface area contributed by atoms with Crippen LogP contribution in [-0.2, 0) is 19.6 Å². The summed E-state index contributed by atoms with van der Waals surface area (Å²) >= 11 is 0. The minimum atomic E-state index is -4.43. The van der Waals surface area contributed by atoms with Crippen molar-refractivity contribution in [3.8, 4) is 0 Å². The lowest BCUT2D eigenvalue weighted by atomic mass is 9.41. The molecule has 0 aromatic heterocycles. The number of fused-ring (bicyclic) bond motifs is 5. The predicted octanol–water partition coefficient (Wildman–Crippen LogP) is 3.55. The Morgan fingerprint density at radius 2 is 1.72 bits per heavy atom. The summed E-state index contributed by atoms with van der Waals surface area (Å²) in [5.41, 5.74) is -0.343. The second-order valence-electron chi connectivity index (χ2n) is 15.4. The number of aliphatic hydroxyl groups is 3. The van der Waals surface area contributed by atoms with Crippen LogP contribution in [0.1, 0.15) is 98.3 Å². The van der Waals surface area contributed by atoms with Gasteiger partial charge in [-0.25, -0.2) is 8.42 Å². The van der Waals surface area contributed by atoms with Crippen molar-refractivity contribution >= 4 is 16.0 Å². The molecule has 12 atom stereocenters. The van der Waals surface area contributed by atoms with Crippen molar-refractivity contribution in [1.29, 1.82) is 0 Å². The first-order valence-corrected chi connectivity index (χ1v) is 18.6. The molecule has 0 aromatic rings. The normalized spacial score (nSPS) is 44.2. The molecule has 4 saturated carbocycles. The predicted molar refractivity (Wildman–Crippen MR) is 162 cm³/mol. The number of rotatable bonds is 9. The second-order valence-corrected chi connectivity index (χ2v) is 16.9. The highest BCUT2D eigenvalue weighted by Gasteiger charge is 2.67. The molecule has 0 spiro atoms. The van der Waals surface area contributed by atoms with E-state index in [1.54, 1.807) is 4.90 Å². The fourth-order valence-electron chi connectivity index (χ4n) is 11.3. The first-order valence-electron chi connectivity index (χ1n) is 17.1. The molecule has 5 fully saturated rings. The molecule has 0 bridgehead atoms. The van der Waals surface area contributed by atoms with Gasteiger partial charge in [0.15, 0.2) is 0 Å². The Morgan fingerprint density at radius 3 is 2.37 bits per heavy atom. The maximum atomic E-state index is 13.5. The summed E-state index contributed by atoms with van der Waals surface area (Å²) in [4.78, 5) is 15.1. The first-order chi connectivity index (χ1) is 20.2. The lowest BCUT2D eigenvalue weighted by Gasteiger charge is -2.65. The van der Waals surface area contributed by atoms with Crippen LogP contribution in [0.25, 0.3) is 0 Å². The monoisotopic (exact) mass is 626 g/mol. The number of carbonyl (C=O) groups is 1. The standard InChI is InChI=1S/C33H57NO8S/c1-5-23-26-18-22(35)10-13-32(26,3)27-19-28(36)33(4)24(7-8-25(33)30(27)31(23)38)20(2)6-9-29(37)34(14-17-43(39,40)41)21-11-15-42-16-12-21/h20-28,30-31,35-36,38H,5-19H2,1-4H3,(H,39,40,41)/p-1/t20-,22-,23-,24-,25+,26+,27+,28+,30+,31-,32+,33-/m1/s1. The van der Waals surface area contributed by atoms with Gasteiger partial charge >= 0.3 is 0 Å². The summed E-state index contributed by atoms with van der Waals surface area (Å²) in [6, 6.07) is -0.117. The molecule has 1 amide bonds. The highest BCUT2D eigenvalue weighted by molar-refractivity contribution is 7.85. The van der Waals surface area contributed by atoms with E-state index in [2.05, 4.69) is 27.7 Å². The zero-order valence-electron chi connectivity index (χ0n) is 26.7. The molecule has 1 aliphatic heterocycles. The molecule has 9 nitrogen and oxygen atoms in total. The average Bonchev–Trinajstić information content (AvgIpc) is 3.32. The van der Waals surface area contributed by atoms with Gasteiger partial charge in [0.25, 0.3) is 0 Å². The molecule has 1 saturated heterocycles. The van der Waals surface area contributed by atoms with Crippen molar-refractivity contribution < 1.29 is 37.8 Å². The van der Waals surface area contributed by atoms with Gasteiger partial charge in [-0.15, -0.1) is 0 Å². The third kappa shape index (κ3) is 6.19. The van der Waals surface area contributed by atoms with Crippen LogP contribution >= 0.6 is 0 Å². The van der Waals surface area contributed by atoms with E-state index in [0.29, 0.717) is 38.9 Å². The van der Waals surface area contributed by atoms with E-state index in [1.165, 1.54) is 0 Å². The number of nitrogens with zero attached hydrogens (tertiary/aromatic N) is 1. The summed E-state index contributed by atoms with van der Waals surface area (Å²) < 4.78 is 39.6. The van der Waals surface area contributed by atoms with Crippen LogP contribution in [0.3, 0.4) is 0 Å². The molecule has 4 aliphatic carbocycles. The topological polar surface area (TPSA) is 147 Å². The van der Waals surface area contributed by atoms with Gasteiger partial charge in [-0.1, -0.05) is 34.1 Å². The zero-order chi connectivity index (χ0) is 31.3. The molecule has 0 radical (unpaired) electrons. The molecule has 10 heteroatoms. The Balaban J connectivity index is 1.31. The molecule has 3 N–H and O–H groups in total. The molecule has 5 rings (SSSR count). The molecule has 5 aliphatic rings. The Morgan fingerprint density at radius 1 is 1.02 bits per heavy atom. The molecule has 0 unspecified atom stereocenters. The molecular weight excluding hydrogens is 570 g/mol. The van der Waals surface area contributed by atoms with E-state index in [-0.39, 0.29) is 83.3 Å². The maximum Gasteiger partial charge on any atom is 0.222 e. The number of amides is 1. The first kappa shape index (κ1) is 33.6. The van der Waals surface area contributed by atoms with E-state index in [0.717, 1.165) is 38.5 Å². The van der Waals surface area contributed by atoms with Crippen molar-refractivity contribution in [2.24, 2.45) is 52.3 Å². The van der Waals surface area contributed by atoms with Crippen LogP contribution in [0.2, 0.25) is 0 Å². The van der Waals surface area contributed by atoms with Gasteiger partial charge in [-0.05, 0) is 110 Å².